The normalized spacial score (nSPS) is 14.1. The molecule has 0 aliphatic heterocycles. The summed E-state index contributed by atoms with van der Waals surface area (Å²) in [6.45, 7) is -0.912. The summed E-state index contributed by atoms with van der Waals surface area (Å²) in [5.41, 5.74) is 0. The fourth-order valence-corrected chi connectivity index (χ4v) is 1.59. The van der Waals surface area contributed by atoms with E-state index in [-0.39, 0.29) is 5.75 Å². The molecule has 7 nitrogen and oxygen atoms in total. The minimum atomic E-state index is -4.30. The number of para-hydroxylation sites is 1. The lowest BCUT2D eigenvalue weighted by Crippen LogP contribution is -2.09. The van der Waals surface area contributed by atoms with Crippen molar-refractivity contribution in [2.75, 3.05) is 6.61 Å². The van der Waals surface area contributed by atoms with Crippen molar-refractivity contribution < 1.29 is 33.4 Å². The number of hydrogen-bond donors (Lipinski definition) is 2. The smallest absolute Gasteiger partial charge is 0.480 e. The summed E-state index contributed by atoms with van der Waals surface area (Å²) in [4.78, 5) is 10.2. The molecule has 0 amide bonds. The van der Waals surface area contributed by atoms with Gasteiger partial charge in [-0.3, -0.25) is 4.52 Å². The highest BCUT2D eigenvalue weighted by Gasteiger charge is 2.30. The van der Waals surface area contributed by atoms with Gasteiger partial charge in [-0.05, 0) is 12.1 Å². The summed E-state index contributed by atoms with van der Waals surface area (Å²) in [5.74, 6) is -1.25. The van der Waals surface area contributed by atoms with Crippen LogP contribution in [0.15, 0.2) is 30.3 Å². The topological polar surface area (TPSA) is 102 Å². The molecule has 8 heteroatoms. The maximum atomic E-state index is 11.5. The van der Waals surface area contributed by atoms with Crippen molar-refractivity contribution in [3.63, 3.8) is 0 Å². The maximum absolute atomic E-state index is 11.5. The fourth-order valence-electron chi connectivity index (χ4n) is 0.811. The van der Waals surface area contributed by atoms with Crippen molar-refractivity contribution >= 4 is 13.8 Å². The minimum Gasteiger partial charge on any atom is -0.480 e. The van der Waals surface area contributed by atoms with E-state index in [0.717, 1.165) is 0 Å². The second-order valence-corrected chi connectivity index (χ2v) is 4.10. The maximum Gasteiger partial charge on any atom is 0.558 e. The van der Waals surface area contributed by atoms with Gasteiger partial charge in [0.1, 0.15) is 5.75 Å². The molecule has 1 unspecified atom stereocenters. The second kappa shape index (κ2) is 5.62. The third-order valence-corrected chi connectivity index (χ3v) is 2.49. The average Bonchev–Trinajstić information content (AvgIpc) is 2.28. The zero-order valence-electron chi connectivity index (χ0n) is 7.98. The van der Waals surface area contributed by atoms with E-state index in [0.29, 0.717) is 0 Å². The van der Waals surface area contributed by atoms with Crippen LogP contribution in [0.2, 0.25) is 0 Å². The zero-order valence-corrected chi connectivity index (χ0v) is 8.87. The molecular formula is C8H9O7P. The quantitative estimate of drug-likeness (QED) is 0.449. The molecule has 0 saturated heterocycles. The van der Waals surface area contributed by atoms with E-state index in [9.17, 15) is 9.36 Å². The summed E-state index contributed by atoms with van der Waals surface area (Å²) in [6.07, 6.45) is 0. The number of phosphoric acid groups is 1. The fraction of sp³-hybridized carbons (Fsp3) is 0.125. The van der Waals surface area contributed by atoms with Gasteiger partial charge in [0.25, 0.3) is 0 Å². The Morgan fingerprint density at radius 2 is 1.94 bits per heavy atom. The Hall–Kier alpha value is -1.40. The molecule has 0 aliphatic rings. The van der Waals surface area contributed by atoms with Crippen LogP contribution in [0.3, 0.4) is 0 Å². The first-order valence-corrected chi connectivity index (χ1v) is 5.56. The average molecular weight is 248 g/mol. The second-order valence-electron chi connectivity index (χ2n) is 2.60. The predicted octanol–water partition coefficient (Wildman–Crippen LogP) is 1.76. The number of carboxylic acids is 1. The van der Waals surface area contributed by atoms with Crippen LogP contribution in [0.25, 0.3) is 0 Å². The van der Waals surface area contributed by atoms with Crippen LogP contribution >= 0.6 is 7.82 Å². The highest BCUT2D eigenvalue weighted by atomic mass is 31.2. The summed E-state index contributed by atoms with van der Waals surface area (Å²) in [6, 6.07) is 7.75. The molecular weight excluding hydrogens is 239 g/mol. The molecule has 2 N–H and O–H groups in total. The number of rotatable bonds is 6. The molecule has 0 bridgehead atoms. The van der Waals surface area contributed by atoms with Crippen molar-refractivity contribution in [3.05, 3.63) is 30.3 Å². The van der Waals surface area contributed by atoms with Crippen LogP contribution in [-0.4, -0.2) is 22.9 Å². The molecule has 0 fully saturated rings. The van der Waals surface area contributed by atoms with E-state index in [1.54, 1.807) is 18.2 Å². The molecule has 1 rings (SSSR count). The van der Waals surface area contributed by atoms with Crippen LogP contribution in [0, 0.1) is 0 Å². The lowest BCUT2D eigenvalue weighted by molar-refractivity contribution is -0.164. The SMILES string of the molecule is O=C(O)COP(=O)(OO)Oc1ccccc1. The Morgan fingerprint density at radius 3 is 2.44 bits per heavy atom. The number of carbonyl (C=O) groups is 1. The van der Waals surface area contributed by atoms with Crippen molar-refractivity contribution in [2.24, 2.45) is 0 Å². The minimum absolute atomic E-state index is 0.116. The van der Waals surface area contributed by atoms with Crippen molar-refractivity contribution in [2.45, 2.75) is 0 Å². The molecule has 0 heterocycles. The van der Waals surface area contributed by atoms with Gasteiger partial charge >= 0.3 is 13.8 Å². The van der Waals surface area contributed by atoms with E-state index in [4.69, 9.17) is 14.9 Å². The molecule has 1 aromatic rings. The largest absolute Gasteiger partial charge is 0.558 e. The van der Waals surface area contributed by atoms with Gasteiger partial charge in [0.15, 0.2) is 6.61 Å². The molecule has 16 heavy (non-hydrogen) atoms. The van der Waals surface area contributed by atoms with Gasteiger partial charge in [-0.15, -0.1) is 4.67 Å². The molecule has 1 atom stereocenters. The molecule has 0 aromatic heterocycles. The number of benzene rings is 1. The van der Waals surface area contributed by atoms with Gasteiger partial charge in [-0.1, -0.05) is 18.2 Å². The Labute approximate surface area is 90.7 Å². The number of phosphoric ester groups is 1. The van der Waals surface area contributed by atoms with E-state index in [1.165, 1.54) is 12.1 Å². The Kier molecular flexibility index (Phi) is 4.45. The summed E-state index contributed by atoms with van der Waals surface area (Å²) < 4.78 is 24.0. The Balaban J connectivity index is 2.67. The van der Waals surface area contributed by atoms with E-state index < -0.39 is 20.4 Å². The third-order valence-electron chi connectivity index (χ3n) is 1.41. The van der Waals surface area contributed by atoms with E-state index >= 15 is 0 Å². The van der Waals surface area contributed by atoms with E-state index in [2.05, 4.69) is 9.20 Å². The highest BCUT2D eigenvalue weighted by Crippen LogP contribution is 2.48. The van der Waals surface area contributed by atoms with Gasteiger partial charge in [-0.25, -0.2) is 14.6 Å². The Morgan fingerprint density at radius 1 is 1.31 bits per heavy atom. The summed E-state index contributed by atoms with van der Waals surface area (Å²) >= 11 is 0. The van der Waals surface area contributed by atoms with Gasteiger partial charge in [0.05, 0.1) is 0 Å². The van der Waals surface area contributed by atoms with Gasteiger partial charge in [-0.2, -0.15) is 0 Å². The molecule has 0 aliphatic carbocycles. The first kappa shape index (κ1) is 12.7. The van der Waals surface area contributed by atoms with Gasteiger partial charge in [0.2, 0.25) is 0 Å². The standard InChI is InChI=1S/C8H9O7P/c9-8(10)6-13-16(12,15-11)14-7-4-2-1-3-5-7/h1-5,11H,6H2,(H,9,10). The Bertz CT molecular complexity index is 391. The first-order chi connectivity index (χ1) is 7.56. The van der Waals surface area contributed by atoms with Crippen LogP contribution in [0.4, 0.5) is 0 Å². The number of aliphatic carboxylic acids is 1. The monoisotopic (exact) mass is 248 g/mol. The zero-order chi connectivity index (χ0) is 12.0. The van der Waals surface area contributed by atoms with Gasteiger partial charge in [0, 0.05) is 0 Å². The van der Waals surface area contributed by atoms with Crippen LogP contribution in [0.1, 0.15) is 0 Å². The van der Waals surface area contributed by atoms with E-state index in [1.807, 2.05) is 0 Å². The van der Waals surface area contributed by atoms with Crippen LogP contribution in [0.5, 0.6) is 5.75 Å². The number of carboxylic acid groups (broad SMARTS) is 1. The molecule has 88 valence electrons. The van der Waals surface area contributed by atoms with Crippen molar-refractivity contribution in [1.29, 1.82) is 0 Å². The predicted molar refractivity (Wildman–Crippen MR) is 52.0 cm³/mol. The molecule has 0 radical (unpaired) electrons. The lowest BCUT2D eigenvalue weighted by Gasteiger charge is -2.13. The molecule has 0 saturated carbocycles. The summed E-state index contributed by atoms with van der Waals surface area (Å²) in [5, 5.41) is 16.7. The lowest BCUT2D eigenvalue weighted by atomic mass is 10.3. The van der Waals surface area contributed by atoms with Crippen LogP contribution in [-0.2, 0) is 18.6 Å². The van der Waals surface area contributed by atoms with Crippen molar-refractivity contribution in [3.8, 4) is 5.75 Å². The van der Waals surface area contributed by atoms with Gasteiger partial charge < -0.3 is 9.63 Å². The third kappa shape index (κ3) is 4.00. The molecule has 1 aromatic carbocycles. The van der Waals surface area contributed by atoms with Crippen molar-refractivity contribution in [1.82, 2.24) is 0 Å². The highest BCUT2D eigenvalue weighted by molar-refractivity contribution is 7.48. The van der Waals surface area contributed by atoms with Crippen LogP contribution < -0.4 is 4.52 Å². The number of hydrogen-bond acceptors (Lipinski definition) is 6. The molecule has 0 spiro atoms. The first-order valence-electron chi connectivity index (χ1n) is 4.10. The summed E-state index contributed by atoms with van der Waals surface area (Å²) in [7, 11) is -4.30.